The summed E-state index contributed by atoms with van der Waals surface area (Å²) in [6.45, 7) is -0.0333. The normalized spacial score (nSPS) is 11.5. The van der Waals surface area contributed by atoms with E-state index in [1.165, 1.54) is 16.8 Å². The number of aromatic carboxylic acids is 1. The van der Waals surface area contributed by atoms with Crippen LogP contribution in [0.5, 0.6) is 0 Å². The molecular formula is C17H12F3N3O2. The van der Waals surface area contributed by atoms with Gasteiger partial charge in [0.05, 0.1) is 12.1 Å². The molecule has 0 bridgehead atoms. The van der Waals surface area contributed by atoms with Gasteiger partial charge in [-0.2, -0.15) is 13.2 Å². The average Bonchev–Trinajstić information content (AvgIpc) is 2.99. The Balaban J connectivity index is 2.03. The minimum atomic E-state index is -4.45. The number of halogens is 3. The molecule has 0 atom stereocenters. The summed E-state index contributed by atoms with van der Waals surface area (Å²) in [5.41, 5.74) is 0.124. The van der Waals surface area contributed by atoms with E-state index in [2.05, 4.69) is 10.3 Å². The molecule has 3 aromatic rings. The minimum Gasteiger partial charge on any atom is -0.476 e. The number of carboxylic acid groups (broad SMARTS) is 1. The average molecular weight is 347 g/mol. The van der Waals surface area contributed by atoms with Crippen molar-refractivity contribution in [3.63, 3.8) is 0 Å². The van der Waals surface area contributed by atoms with Crippen LogP contribution in [0.2, 0.25) is 0 Å². The summed E-state index contributed by atoms with van der Waals surface area (Å²) >= 11 is 0. The first kappa shape index (κ1) is 16.7. The summed E-state index contributed by atoms with van der Waals surface area (Å²) < 4.78 is 39.8. The van der Waals surface area contributed by atoms with E-state index in [1.807, 2.05) is 0 Å². The van der Waals surface area contributed by atoms with Crippen molar-refractivity contribution in [3.8, 4) is 11.3 Å². The Hall–Kier alpha value is -3.16. The second-order valence-corrected chi connectivity index (χ2v) is 5.31. The van der Waals surface area contributed by atoms with E-state index in [1.54, 1.807) is 30.3 Å². The Bertz CT molecular complexity index is 905. The fourth-order valence-corrected chi connectivity index (χ4v) is 2.47. The number of hydrogen-bond acceptors (Lipinski definition) is 3. The second-order valence-electron chi connectivity index (χ2n) is 5.31. The monoisotopic (exact) mass is 347 g/mol. The molecule has 1 heterocycles. The first-order valence-electron chi connectivity index (χ1n) is 7.24. The molecule has 2 aromatic carbocycles. The lowest BCUT2D eigenvalue weighted by atomic mass is 10.1. The molecule has 8 heteroatoms. The van der Waals surface area contributed by atoms with Crippen molar-refractivity contribution in [2.24, 2.45) is 0 Å². The first-order valence-corrected chi connectivity index (χ1v) is 7.24. The van der Waals surface area contributed by atoms with Crippen LogP contribution in [0.4, 0.5) is 13.2 Å². The summed E-state index contributed by atoms with van der Waals surface area (Å²) in [5.74, 6) is -1.26. The lowest BCUT2D eigenvalue weighted by Crippen LogP contribution is -2.09. The molecule has 1 N–H and O–H groups in total. The van der Waals surface area contributed by atoms with E-state index < -0.39 is 17.7 Å². The third-order valence-corrected chi connectivity index (χ3v) is 3.57. The number of rotatable bonds is 4. The van der Waals surface area contributed by atoms with Crippen LogP contribution in [0, 0.1) is 0 Å². The van der Waals surface area contributed by atoms with Crippen molar-refractivity contribution < 1.29 is 23.1 Å². The second kappa shape index (κ2) is 6.39. The zero-order valence-electron chi connectivity index (χ0n) is 12.7. The molecule has 0 aliphatic heterocycles. The zero-order valence-corrected chi connectivity index (χ0v) is 12.7. The van der Waals surface area contributed by atoms with E-state index in [-0.39, 0.29) is 17.9 Å². The number of hydrogen-bond donors (Lipinski definition) is 1. The van der Waals surface area contributed by atoms with Gasteiger partial charge < -0.3 is 5.11 Å². The Morgan fingerprint density at radius 3 is 2.44 bits per heavy atom. The number of alkyl halides is 3. The highest BCUT2D eigenvalue weighted by molar-refractivity contribution is 5.92. The van der Waals surface area contributed by atoms with Gasteiger partial charge in [0.25, 0.3) is 0 Å². The predicted octanol–water partition coefficient (Wildman–Crippen LogP) is 3.71. The smallest absolute Gasteiger partial charge is 0.416 e. The number of carboxylic acids is 1. The van der Waals surface area contributed by atoms with Gasteiger partial charge >= 0.3 is 12.1 Å². The van der Waals surface area contributed by atoms with Gasteiger partial charge in [-0.1, -0.05) is 47.7 Å². The molecule has 5 nitrogen and oxygen atoms in total. The molecule has 0 aliphatic carbocycles. The van der Waals surface area contributed by atoms with Crippen molar-refractivity contribution >= 4 is 5.97 Å². The molecule has 1 aromatic heterocycles. The van der Waals surface area contributed by atoms with Crippen LogP contribution in [0.15, 0.2) is 54.6 Å². The topological polar surface area (TPSA) is 68.0 Å². The molecule has 0 unspecified atom stereocenters. The molecule has 3 rings (SSSR count). The van der Waals surface area contributed by atoms with Gasteiger partial charge in [-0.15, -0.1) is 5.10 Å². The standard InChI is InChI=1S/C17H12F3N3O2/c18-17(19,20)13-8-4-5-11(9-13)10-23-15(12-6-2-1-3-7-12)14(16(24)25)21-22-23/h1-9H,10H2,(H,24,25). The molecule has 0 saturated heterocycles. The quantitative estimate of drug-likeness (QED) is 0.781. The SMILES string of the molecule is O=C(O)c1nnn(Cc2cccc(C(F)(F)F)c2)c1-c1ccccc1. The van der Waals surface area contributed by atoms with Gasteiger partial charge in [0.2, 0.25) is 0 Å². The fraction of sp³-hybridized carbons (Fsp3) is 0.118. The first-order chi connectivity index (χ1) is 11.9. The highest BCUT2D eigenvalue weighted by Crippen LogP contribution is 2.30. The van der Waals surface area contributed by atoms with Crippen LogP contribution in [-0.2, 0) is 12.7 Å². The molecule has 25 heavy (non-hydrogen) atoms. The summed E-state index contributed by atoms with van der Waals surface area (Å²) in [6, 6.07) is 13.4. The van der Waals surface area contributed by atoms with E-state index in [0.29, 0.717) is 11.1 Å². The summed E-state index contributed by atoms with van der Waals surface area (Å²) in [5, 5.41) is 16.7. The third kappa shape index (κ3) is 3.52. The molecule has 0 fully saturated rings. The maximum Gasteiger partial charge on any atom is 0.416 e. The minimum absolute atomic E-state index is 0.0333. The van der Waals surface area contributed by atoms with Crippen molar-refractivity contribution in [1.82, 2.24) is 15.0 Å². The highest BCUT2D eigenvalue weighted by atomic mass is 19.4. The molecule has 0 radical (unpaired) electrons. The number of aromatic nitrogens is 3. The molecule has 0 saturated carbocycles. The summed E-state index contributed by atoms with van der Waals surface area (Å²) in [7, 11) is 0. The summed E-state index contributed by atoms with van der Waals surface area (Å²) in [6.07, 6.45) is -4.45. The summed E-state index contributed by atoms with van der Waals surface area (Å²) in [4.78, 5) is 11.4. The maximum atomic E-state index is 12.8. The van der Waals surface area contributed by atoms with E-state index in [4.69, 9.17) is 0 Å². The number of benzene rings is 2. The van der Waals surface area contributed by atoms with Gasteiger partial charge in [-0.3, -0.25) is 0 Å². The van der Waals surface area contributed by atoms with Gasteiger partial charge in [0.1, 0.15) is 5.69 Å². The lowest BCUT2D eigenvalue weighted by Gasteiger charge is -2.10. The van der Waals surface area contributed by atoms with E-state index in [0.717, 1.165) is 12.1 Å². The molecular weight excluding hydrogens is 335 g/mol. The highest BCUT2D eigenvalue weighted by Gasteiger charge is 2.30. The van der Waals surface area contributed by atoms with E-state index >= 15 is 0 Å². The molecule has 128 valence electrons. The number of nitrogens with zero attached hydrogens (tertiary/aromatic N) is 3. The Morgan fingerprint density at radius 1 is 1.08 bits per heavy atom. The Morgan fingerprint density at radius 2 is 1.80 bits per heavy atom. The van der Waals surface area contributed by atoms with Gasteiger partial charge in [-0.05, 0) is 17.7 Å². The largest absolute Gasteiger partial charge is 0.476 e. The Kier molecular flexibility index (Phi) is 4.26. The van der Waals surface area contributed by atoms with E-state index in [9.17, 15) is 23.1 Å². The van der Waals surface area contributed by atoms with Gasteiger partial charge in [0, 0.05) is 5.56 Å². The van der Waals surface area contributed by atoms with Crippen LogP contribution in [0.3, 0.4) is 0 Å². The fourth-order valence-electron chi connectivity index (χ4n) is 2.47. The van der Waals surface area contributed by atoms with Crippen molar-refractivity contribution in [3.05, 3.63) is 71.4 Å². The molecule has 0 aliphatic rings. The maximum absolute atomic E-state index is 12.8. The van der Waals surface area contributed by atoms with Crippen molar-refractivity contribution in [2.75, 3.05) is 0 Å². The predicted molar refractivity (Wildman–Crippen MR) is 83.0 cm³/mol. The van der Waals surface area contributed by atoms with Crippen molar-refractivity contribution in [2.45, 2.75) is 12.7 Å². The van der Waals surface area contributed by atoms with Crippen LogP contribution in [0.25, 0.3) is 11.3 Å². The molecule has 0 spiro atoms. The molecule has 0 amide bonds. The van der Waals surface area contributed by atoms with Crippen LogP contribution in [0.1, 0.15) is 21.6 Å². The lowest BCUT2D eigenvalue weighted by molar-refractivity contribution is -0.137. The van der Waals surface area contributed by atoms with Gasteiger partial charge in [0.15, 0.2) is 5.69 Å². The third-order valence-electron chi connectivity index (χ3n) is 3.57. The van der Waals surface area contributed by atoms with Crippen LogP contribution in [-0.4, -0.2) is 26.1 Å². The van der Waals surface area contributed by atoms with Crippen LogP contribution >= 0.6 is 0 Å². The number of carbonyl (C=O) groups is 1. The zero-order chi connectivity index (χ0) is 18.0. The van der Waals surface area contributed by atoms with Gasteiger partial charge in [-0.25, -0.2) is 9.48 Å². The van der Waals surface area contributed by atoms with Crippen molar-refractivity contribution in [1.29, 1.82) is 0 Å². The van der Waals surface area contributed by atoms with Crippen LogP contribution < -0.4 is 0 Å². The Labute approximate surface area is 140 Å².